The van der Waals surface area contributed by atoms with Gasteiger partial charge in [0.1, 0.15) is 11.5 Å². The maximum atomic E-state index is 12.6. The molecule has 0 atom stereocenters. The number of carbonyl (C=O) groups excluding carboxylic acids is 1. The Hall–Kier alpha value is -3.82. The zero-order valence-electron chi connectivity index (χ0n) is 15.6. The maximum Gasteiger partial charge on any atom is 0.271 e. The van der Waals surface area contributed by atoms with Crippen LogP contribution in [0.2, 0.25) is 0 Å². The molecule has 1 N–H and O–H groups in total. The van der Waals surface area contributed by atoms with E-state index in [1.807, 2.05) is 29.2 Å². The Bertz CT molecular complexity index is 1120. The van der Waals surface area contributed by atoms with Crippen molar-refractivity contribution in [3.05, 3.63) is 54.9 Å². The Morgan fingerprint density at radius 1 is 0.966 bits per heavy atom. The third kappa shape index (κ3) is 3.28. The van der Waals surface area contributed by atoms with Crippen molar-refractivity contribution in [3.8, 4) is 11.4 Å². The van der Waals surface area contributed by atoms with E-state index in [2.05, 4.69) is 30.0 Å². The fourth-order valence-corrected chi connectivity index (χ4v) is 3.52. The molecule has 10 nitrogen and oxygen atoms in total. The number of imidazole rings is 1. The van der Waals surface area contributed by atoms with Crippen LogP contribution >= 0.6 is 0 Å². The number of anilines is 1. The molecule has 0 aromatic carbocycles. The predicted octanol–water partition coefficient (Wildman–Crippen LogP) is 1.26. The van der Waals surface area contributed by atoms with Crippen molar-refractivity contribution in [1.82, 2.24) is 39.7 Å². The van der Waals surface area contributed by atoms with Crippen LogP contribution in [0.4, 0.5) is 5.82 Å². The van der Waals surface area contributed by atoms with Crippen molar-refractivity contribution in [2.24, 2.45) is 0 Å². The highest BCUT2D eigenvalue weighted by atomic mass is 16.2. The summed E-state index contributed by atoms with van der Waals surface area (Å²) < 4.78 is 1.75. The van der Waals surface area contributed by atoms with E-state index in [1.165, 1.54) is 6.33 Å². The van der Waals surface area contributed by atoms with E-state index in [0.717, 1.165) is 24.3 Å². The maximum absolute atomic E-state index is 12.6. The molecule has 146 valence electrons. The minimum atomic E-state index is -0.0217. The first kappa shape index (κ1) is 17.3. The van der Waals surface area contributed by atoms with E-state index < -0.39 is 0 Å². The first-order valence-electron chi connectivity index (χ1n) is 9.45. The molecule has 10 heteroatoms. The summed E-state index contributed by atoms with van der Waals surface area (Å²) in [5, 5.41) is 13.3. The summed E-state index contributed by atoms with van der Waals surface area (Å²) in [7, 11) is 0. The third-order valence-corrected chi connectivity index (χ3v) is 5.02. The van der Waals surface area contributed by atoms with E-state index in [0.29, 0.717) is 36.8 Å². The van der Waals surface area contributed by atoms with E-state index in [-0.39, 0.29) is 5.91 Å². The van der Waals surface area contributed by atoms with Crippen LogP contribution in [-0.2, 0) is 0 Å². The average Bonchev–Trinajstić information content (AvgIpc) is 3.38. The van der Waals surface area contributed by atoms with Gasteiger partial charge in [-0.2, -0.15) is 4.52 Å². The van der Waals surface area contributed by atoms with Gasteiger partial charge in [0, 0.05) is 44.1 Å². The number of aromatic nitrogens is 7. The molecule has 0 unspecified atom stereocenters. The molecular formula is C19H19N9O. The Labute approximate surface area is 166 Å². The van der Waals surface area contributed by atoms with Gasteiger partial charge in [0.05, 0.1) is 12.5 Å². The molecule has 5 rings (SSSR count). The second-order valence-electron chi connectivity index (χ2n) is 6.82. The van der Waals surface area contributed by atoms with Gasteiger partial charge in [-0.15, -0.1) is 15.3 Å². The van der Waals surface area contributed by atoms with E-state index >= 15 is 0 Å². The molecule has 0 radical (unpaired) electrons. The molecule has 4 aromatic heterocycles. The van der Waals surface area contributed by atoms with Crippen molar-refractivity contribution < 1.29 is 4.79 Å². The van der Waals surface area contributed by atoms with E-state index in [1.54, 1.807) is 23.1 Å². The summed E-state index contributed by atoms with van der Waals surface area (Å²) in [6, 6.07) is 7.64. The molecule has 0 saturated carbocycles. The van der Waals surface area contributed by atoms with E-state index in [9.17, 15) is 4.79 Å². The number of rotatable bonds is 3. The first-order chi connectivity index (χ1) is 14.3. The number of amides is 1. The molecular weight excluding hydrogens is 370 g/mol. The molecule has 1 aliphatic rings. The van der Waals surface area contributed by atoms with Crippen LogP contribution in [0.1, 0.15) is 16.9 Å². The van der Waals surface area contributed by atoms with Crippen molar-refractivity contribution in [2.45, 2.75) is 6.42 Å². The highest BCUT2D eigenvalue weighted by Gasteiger charge is 2.22. The van der Waals surface area contributed by atoms with Gasteiger partial charge < -0.3 is 14.8 Å². The van der Waals surface area contributed by atoms with Crippen molar-refractivity contribution >= 4 is 17.4 Å². The third-order valence-electron chi connectivity index (χ3n) is 5.02. The second-order valence-corrected chi connectivity index (χ2v) is 6.82. The Kier molecular flexibility index (Phi) is 4.35. The van der Waals surface area contributed by atoms with Crippen LogP contribution in [0.15, 0.2) is 49.2 Å². The van der Waals surface area contributed by atoms with Gasteiger partial charge in [-0.25, -0.2) is 4.98 Å². The molecule has 1 saturated heterocycles. The standard InChI is InChI=1S/C19H19N9O/c29-19(15-12-21-13-22-15)27-9-1-8-26(10-11-27)17-3-2-16-23-24-18(28(16)25-17)14-4-6-20-7-5-14/h2-7,12-13H,1,8-11H2,(H,21,22). The molecule has 5 heterocycles. The SMILES string of the molecule is O=C(c1cnc[nH]1)N1CCCN(c2ccc3nnc(-c4ccncc4)n3n2)CC1. The summed E-state index contributed by atoms with van der Waals surface area (Å²) >= 11 is 0. The number of pyridine rings is 1. The molecule has 0 spiro atoms. The first-order valence-corrected chi connectivity index (χ1v) is 9.45. The number of fused-ring (bicyclic) bond motifs is 1. The van der Waals surface area contributed by atoms with Crippen LogP contribution in [-0.4, -0.2) is 71.7 Å². The number of nitrogens with zero attached hydrogens (tertiary/aromatic N) is 8. The summed E-state index contributed by atoms with van der Waals surface area (Å²) in [6.45, 7) is 2.84. The lowest BCUT2D eigenvalue weighted by Gasteiger charge is -2.22. The van der Waals surface area contributed by atoms with Crippen LogP contribution in [0.3, 0.4) is 0 Å². The zero-order chi connectivity index (χ0) is 19.6. The Morgan fingerprint density at radius 3 is 2.69 bits per heavy atom. The number of nitrogens with one attached hydrogen (secondary N) is 1. The topological polar surface area (TPSA) is 108 Å². The fraction of sp³-hybridized carbons (Fsp3) is 0.263. The quantitative estimate of drug-likeness (QED) is 0.562. The van der Waals surface area contributed by atoms with Gasteiger partial charge >= 0.3 is 0 Å². The molecule has 4 aromatic rings. The minimum absolute atomic E-state index is 0.0217. The van der Waals surface area contributed by atoms with Gasteiger partial charge in [-0.1, -0.05) is 0 Å². The van der Waals surface area contributed by atoms with Gasteiger partial charge in [-0.3, -0.25) is 9.78 Å². The number of H-pyrrole nitrogens is 1. The number of aromatic amines is 1. The molecule has 1 amide bonds. The lowest BCUT2D eigenvalue weighted by Crippen LogP contribution is -2.35. The monoisotopic (exact) mass is 389 g/mol. The molecule has 0 bridgehead atoms. The van der Waals surface area contributed by atoms with Gasteiger partial charge in [-0.05, 0) is 30.7 Å². The van der Waals surface area contributed by atoms with Gasteiger partial charge in [0.25, 0.3) is 5.91 Å². The normalized spacial score (nSPS) is 14.9. The molecule has 29 heavy (non-hydrogen) atoms. The van der Waals surface area contributed by atoms with Crippen molar-refractivity contribution in [1.29, 1.82) is 0 Å². The number of carbonyl (C=O) groups is 1. The van der Waals surface area contributed by atoms with Crippen LogP contribution < -0.4 is 4.90 Å². The zero-order valence-corrected chi connectivity index (χ0v) is 15.6. The van der Waals surface area contributed by atoms with Crippen LogP contribution in [0, 0.1) is 0 Å². The van der Waals surface area contributed by atoms with Crippen molar-refractivity contribution in [3.63, 3.8) is 0 Å². The fourth-order valence-electron chi connectivity index (χ4n) is 3.52. The van der Waals surface area contributed by atoms with Crippen molar-refractivity contribution in [2.75, 3.05) is 31.1 Å². The van der Waals surface area contributed by atoms with E-state index in [4.69, 9.17) is 5.10 Å². The summed E-state index contributed by atoms with van der Waals surface area (Å²) in [5.74, 6) is 1.49. The highest BCUT2D eigenvalue weighted by Crippen LogP contribution is 2.20. The number of hydrogen-bond acceptors (Lipinski definition) is 7. The minimum Gasteiger partial charge on any atom is -0.353 e. The Balaban J connectivity index is 1.39. The summed E-state index contributed by atoms with van der Waals surface area (Å²) in [6.07, 6.45) is 7.39. The van der Waals surface area contributed by atoms with Gasteiger partial charge in [0.2, 0.25) is 0 Å². The largest absolute Gasteiger partial charge is 0.353 e. The van der Waals surface area contributed by atoms with Crippen LogP contribution in [0.5, 0.6) is 0 Å². The predicted molar refractivity (Wildman–Crippen MR) is 105 cm³/mol. The van der Waals surface area contributed by atoms with Crippen LogP contribution in [0.25, 0.3) is 17.0 Å². The lowest BCUT2D eigenvalue weighted by atomic mass is 10.2. The average molecular weight is 389 g/mol. The Morgan fingerprint density at radius 2 is 1.86 bits per heavy atom. The molecule has 0 aliphatic carbocycles. The number of hydrogen-bond donors (Lipinski definition) is 1. The second kappa shape index (κ2) is 7.30. The highest BCUT2D eigenvalue weighted by molar-refractivity contribution is 5.92. The molecule has 1 aliphatic heterocycles. The summed E-state index contributed by atoms with van der Waals surface area (Å²) in [4.78, 5) is 27.5. The smallest absolute Gasteiger partial charge is 0.271 e. The van der Waals surface area contributed by atoms with Gasteiger partial charge in [0.15, 0.2) is 11.5 Å². The molecule has 1 fully saturated rings. The lowest BCUT2D eigenvalue weighted by molar-refractivity contribution is 0.0761. The summed E-state index contributed by atoms with van der Waals surface area (Å²) in [5.41, 5.74) is 2.11.